The number of hydrogen-bond acceptors (Lipinski definition) is 3. The highest BCUT2D eigenvalue weighted by Gasteiger charge is 2.21. The van der Waals surface area contributed by atoms with Crippen LogP contribution >= 0.6 is 24.0 Å². The quantitative estimate of drug-likeness (QED) is 0.289. The van der Waals surface area contributed by atoms with E-state index in [0.29, 0.717) is 25.1 Å². The van der Waals surface area contributed by atoms with Gasteiger partial charge in [-0.1, -0.05) is 24.3 Å². The smallest absolute Gasteiger partial charge is 0.251 e. The molecule has 2 aromatic carbocycles. The zero-order valence-corrected chi connectivity index (χ0v) is 20.3. The number of anilines is 1. The van der Waals surface area contributed by atoms with Crippen molar-refractivity contribution in [3.63, 3.8) is 0 Å². The Morgan fingerprint density at radius 1 is 1.03 bits per heavy atom. The summed E-state index contributed by atoms with van der Waals surface area (Å²) in [7, 11) is 1.62. The van der Waals surface area contributed by atoms with Gasteiger partial charge in [0.05, 0.1) is 6.54 Å². The predicted molar refractivity (Wildman–Crippen MR) is 135 cm³/mol. The van der Waals surface area contributed by atoms with Gasteiger partial charge in [-0.3, -0.25) is 9.59 Å². The lowest BCUT2D eigenvalue weighted by Crippen LogP contribution is -2.36. The van der Waals surface area contributed by atoms with Crippen LogP contribution in [-0.2, 0) is 17.9 Å². The van der Waals surface area contributed by atoms with Crippen molar-refractivity contribution in [2.24, 2.45) is 4.99 Å². The lowest BCUT2D eigenvalue weighted by atomic mass is 10.1. The molecular weight excluding hydrogens is 505 g/mol. The molecule has 3 rings (SSSR count). The molecule has 3 N–H and O–H groups in total. The SMILES string of the molecule is CCNC(=NCc1ccc(N2CCCC2=O)cc1)NCc1ccc(C(=O)NC)cc1.I. The zero-order chi connectivity index (χ0) is 21.3. The van der Waals surface area contributed by atoms with Gasteiger partial charge in [-0.15, -0.1) is 24.0 Å². The van der Waals surface area contributed by atoms with Crippen molar-refractivity contribution in [3.05, 3.63) is 65.2 Å². The fourth-order valence-electron chi connectivity index (χ4n) is 3.32. The zero-order valence-electron chi connectivity index (χ0n) is 18.0. The molecule has 0 unspecified atom stereocenters. The minimum atomic E-state index is -0.0930. The Kier molecular flexibility index (Phi) is 9.77. The van der Waals surface area contributed by atoms with E-state index in [-0.39, 0.29) is 35.8 Å². The van der Waals surface area contributed by atoms with Gasteiger partial charge in [-0.2, -0.15) is 0 Å². The third-order valence-electron chi connectivity index (χ3n) is 4.99. The molecule has 1 heterocycles. The maximum Gasteiger partial charge on any atom is 0.251 e. The van der Waals surface area contributed by atoms with E-state index in [1.165, 1.54) is 0 Å². The highest BCUT2D eigenvalue weighted by atomic mass is 127. The van der Waals surface area contributed by atoms with Crippen LogP contribution in [0.1, 0.15) is 41.3 Å². The molecule has 0 aromatic heterocycles. The van der Waals surface area contributed by atoms with Crippen molar-refractivity contribution < 1.29 is 9.59 Å². The summed E-state index contributed by atoms with van der Waals surface area (Å²) in [5.41, 5.74) is 3.74. The Morgan fingerprint density at radius 2 is 1.71 bits per heavy atom. The molecule has 0 spiro atoms. The second-order valence-corrected chi connectivity index (χ2v) is 7.14. The van der Waals surface area contributed by atoms with Crippen molar-refractivity contribution in [1.82, 2.24) is 16.0 Å². The monoisotopic (exact) mass is 535 g/mol. The number of carbonyl (C=O) groups is 2. The largest absolute Gasteiger partial charge is 0.357 e. The molecule has 1 saturated heterocycles. The molecule has 8 heteroatoms. The average Bonchev–Trinajstić information content (AvgIpc) is 3.21. The molecule has 1 fully saturated rings. The standard InChI is InChI=1S/C23H29N5O2.HI/c1-3-25-23(26-15-17-6-10-19(11-7-17)22(30)24-2)27-16-18-8-12-20(13-9-18)28-14-4-5-21(28)29;/h6-13H,3-5,14-16H2,1-2H3,(H,24,30)(H2,25,26,27);1H. The second-order valence-electron chi connectivity index (χ2n) is 7.14. The Labute approximate surface area is 200 Å². The topological polar surface area (TPSA) is 85.8 Å². The first-order valence-corrected chi connectivity index (χ1v) is 10.3. The maximum absolute atomic E-state index is 11.9. The summed E-state index contributed by atoms with van der Waals surface area (Å²) in [5.74, 6) is 0.832. The number of amides is 2. The molecule has 2 amide bonds. The molecule has 1 aliphatic rings. The number of nitrogens with zero attached hydrogens (tertiary/aromatic N) is 2. The first-order chi connectivity index (χ1) is 14.6. The molecule has 0 aliphatic carbocycles. The van der Waals surface area contributed by atoms with Gasteiger partial charge in [-0.25, -0.2) is 4.99 Å². The van der Waals surface area contributed by atoms with Crippen LogP contribution in [-0.4, -0.2) is 37.9 Å². The normalized spacial score (nSPS) is 13.5. The van der Waals surface area contributed by atoms with E-state index in [4.69, 9.17) is 0 Å². The number of carbonyl (C=O) groups excluding carboxylic acids is 2. The van der Waals surface area contributed by atoms with Gasteiger partial charge >= 0.3 is 0 Å². The Morgan fingerprint density at radius 3 is 2.29 bits per heavy atom. The van der Waals surface area contributed by atoms with Crippen molar-refractivity contribution in [3.8, 4) is 0 Å². The lowest BCUT2D eigenvalue weighted by molar-refractivity contribution is -0.117. The number of rotatable bonds is 7. The van der Waals surface area contributed by atoms with E-state index in [0.717, 1.165) is 42.3 Å². The van der Waals surface area contributed by atoms with Crippen LogP contribution in [0.2, 0.25) is 0 Å². The Bertz CT molecular complexity index is 897. The van der Waals surface area contributed by atoms with Crippen LogP contribution in [0.5, 0.6) is 0 Å². The van der Waals surface area contributed by atoms with E-state index in [1.807, 2.05) is 60.4 Å². The third-order valence-corrected chi connectivity index (χ3v) is 4.99. The van der Waals surface area contributed by atoms with Gasteiger partial charge < -0.3 is 20.9 Å². The van der Waals surface area contributed by atoms with Crippen LogP contribution in [0.25, 0.3) is 0 Å². The molecule has 7 nitrogen and oxygen atoms in total. The van der Waals surface area contributed by atoms with Gasteiger partial charge in [0.1, 0.15) is 0 Å². The van der Waals surface area contributed by atoms with E-state index < -0.39 is 0 Å². The van der Waals surface area contributed by atoms with Crippen molar-refractivity contribution in [1.29, 1.82) is 0 Å². The second kappa shape index (κ2) is 12.3. The van der Waals surface area contributed by atoms with Crippen LogP contribution in [0.15, 0.2) is 53.5 Å². The molecule has 0 radical (unpaired) electrons. The van der Waals surface area contributed by atoms with Gasteiger partial charge in [0.15, 0.2) is 5.96 Å². The van der Waals surface area contributed by atoms with Crippen molar-refractivity contribution in [2.45, 2.75) is 32.9 Å². The Hall–Kier alpha value is -2.62. The summed E-state index contributed by atoms with van der Waals surface area (Å²) in [6, 6.07) is 15.5. The summed E-state index contributed by atoms with van der Waals surface area (Å²) < 4.78 is 0. The molecule has 2 aromatic rings. The van der Waals surface area contributed by atoms with Crippen molar-refractivity contribution >= 4 is 47.4 Å². The minimum Gasteiger partial charge on any atom is -0.357 e. The van der Waals surface area contributed by atoms with Crippen LogP contribution in [0.4, 0.5) is 5.69 Å². The van der Waals surface area contributed by atoms with E-state index >= 15 is 0 Å². The highest BCUT2D eigenvalue weighted by Crippen LogP contribution is 2.21. The van der Waals surface area contributed by atoms with E-state index in [1.54, 1.807) is 7.05 Å². The number of aliphatic imine (C=N–C) groups is 1. The molecule has 0 atom stereocenters. The summed E-state index contributed by atoms with van der Waals surface area (Å²) >= 11 is 0. The van der Waals surface area contributed by atoms with Gasteiger partial charge in [0, 0.05) is 44.4 Å². The molecule has 31 heavy (non-hydrogen) atoms. The van der Waals surface area contributed by atoms with Crippen molar-refractivity contribution in [2.75, 3.05) is 25.0 Å². The summed E-state index contributed by atoms with van der Waals surface area (Å²) in [6.07, 6.45) is 1.56. The molecular formula is C23H30IN5O2. The van der Waals surface area contributed by atoms with E-state index in [9.17, 15) is 9.59 Å². The first kappa shape index (κ1) is 24.6. The van der Waals surface area contributed by atoms with Crippen LogP contribution < -0.4 is 20.9 Å². The molecule has 1 aliphatic heterocycles. The highest BCUT2D eigenvalue weighted by molar-refractivity contribution is 14.0. The van der Waals surface area contributed by atoms with Gasteiger partial charge in [-0.05, 0) is 48.7 Å². The lowest BCUT2D eigenvalue weighted by Gasteiger charge is -2.16. The number of hydrogen-bond donors (Lipinski definition) is 3. The van der Waals surface area contributed by atoms with Gasteiger partial charge in [0.25, 0.3) is 5.91 Å². The third kappa shape index (κ3) is 6.95. The average molecular weight is 535 g/mol. The number of benzene rings is 2. The fourth-order valence-corrected chi connectivity index (χ4v) is 3.32. The predicted octanol–water partition coefficient (Wildman–Crippen LogP) is 3.05. The molecule has 0 bridgehead atoms. The van der Waals surface area contributed by atoms with Crippen LogP contribution in [0, 0.1) is 0 Å². The summed E-state index contributed by atoms with van der Waals surface area (Å²) in [4.78, 5) is 30.0. The molecule has 0 saturated carbocycles. The Balaban J connectivity index is 0.00000341. The van der Waals surface area contributed by atoms with Crippen LogP contribution in [0.3, 0.4) is 0 Å². The number of halogens is 1. The number of guanidine groups is 1. The van der Waals surface area contributed by atoms with E-state index in [2.05, 4.69) is 20.9 Å². The maximum atomic E-state index is 11.9. The minimum absolute atomic E-state index is 0. The summed E-state index contributed by atoms with van der Waals surface area (Å²) in [6.45, 7) is 4.73. The van der Waals surface area contributed by atoms with Gasteiger partial charge in [0.2, 0.25) is 5.91 Å². The molecule has 166 valence electrons. The first-order valence-electron chi connectivity index (χ1n) is 10.3. The number of nitrogens with one attached hydrogen (secondary N) is 3. The fraction of sp³-hybridized carbons (Fsp3) is 0.348. The summed E-state index contributed by atoms with van der Waals surface area (Å²) in [5, 5.41) is 9.18.